The largest absolute Gasteiger partial charge is 0.446 e. The zero-order valence-electron chi connectivity index (χ0n) is 17.6. The van der Waals surface area contributed by atoms with Crippen LogP contribution in [0.3, 0.4) is 0 Å². The van der Waals surface area contributed by atoms with Gasteiger partial charge in [0.25, 0.3) is 0 Å². The van der Waals surface area contributed by atoms with Crippen molar-refractivity contribution in [3.8, 4) is 0 Å². The molecule has 1 heterocycles. The van der Waals surface area contributed by atoms with E-state index in [0.717, 1.165) is 11.1 Å². The molecule has 2 aromatic carbocycles. The van der Waals surface area contributed by atoms with E-state index in [0.29, 0.717) is 12.8 Å². The summed E-state index contributed by atoms with van der Waals surface area (Å²) in [6, 6.07) is 15.3. The van der Waals surface area contributed by atoms with Gasteiger partial charge in [0.1, 0.15) is 18.5 Å². The fourth-order valence-electron chi connectivity index (χ4n) is 3.57. The monoisotopic (exact) mass is 429 g/mol. The third-order valence-corrected chi connectivity index (χ3v) is 5.91. The van der Waals surface area contributed by atoms with Crippen LogP contribution >= 0.6 is 0 Å². The molecule has 0 bridgehead atoms. The Morgan fingerprint density at radius 2 is 1.83 bits per heavy atom. The molecule has 2 amide bonds. The van der Waals surface area contributed by atoms with Gasteiger partial charge in [-0.2, -0.15) is 0 Å². The average molecular weight is 430 g/mol. The van der Waals surface area contributed by atoms with Gasteiger partial charge in [-0.1, -0.05) is 42.5 Å². The second-order valence-electron chi connectivity index (χ2n) is 8.43. The van der Waals surface area contributed by atoms with Crippen molar-refractivity contribution in [2.75, 3.05) is 6.61 Å². The van der Waals surface area contributed by atoms with Crippen molar-refractivity contribution in [1.82, 2.24) is 4.90 Å². The van der Waals surface area contributed by atoms with E-state index < -0.39 is 20.5 Å². The highest BCUT2D eigenvalue weighted by Gasteiger charge is 2.38. The van der Waals surface area contributed by atoms with E-state index in [9.17, 15) is 14.0 Å². The third kappa shape index (κ3) is 5.76. The van der Waals surface area contributed by atoms with Gasteiger partial charge in [-0.15, -0.1) is 0 Å². The molecule has 1 aliphatic rings. The molecule has 0 aliphatic carbocycles. The topological polar surface area (TPSA) is 55.8 Å². The molecule has 30 heavy (non-hydrogen) atoms. The minimum absolute atomic E-state index is 0.172. The predicted octanol–water partition coefficient (Wildman–Crippen LogP) is 5.61. The van der Waals surface area contributed by atoms with Crippen molar-refractivity contribution in [3.05, 3.63) is 71.5 Å². The van der Waals surface area contributed by atoms with Crippen molar-refractivity contribution in [1.29, 1.82) is 0 Å². The first-order valence-electron chi connectivity index (χ1n) is 10.2. The Balaban J connectivity index is 1.64. The van der Waals surface area contributed by atoms with Gasteiger partial charge >= 0.3 is 6.09 Å². The maximum absolute atomic E-state index is 13.3. The number of carbonyl (C=O) groups is 2. The van der Waals surface area contributed by atoms with Crippen LogP contribution in [0.15, 0.2) is 54.6 Å². The lowest BCUT2D eigenvalue weighted by atomic mass is 10.0. The standard InChI is InChI=1S/C23H28FNO4Si/c1-30(2,3)29-21(18-12-14-19(24)15-13-18)10-7-11-22(26)25-20(16-28-23(25)27)17-8-5-4-6-9-17/h4-6,8-9,12-15,20-21H,7,10-11,16H2,1-3H3/t20-,21-/m0/s1. The fraction of sp³-hybridized carbons (Fsp3) is 0.391. The highest BCUT2D eigenvalue weighted by atomic mass is 28.4. The van der Waals surface area contributed by atoms with Gasteiger partial charge in [-0.05, 0) is 55.7 Å². The maximum Gasteiger partial charge on any atom is 0.417 e. The minimum Gasteiger partial charge on any atom is -0.446 e. The van der Waals surface area contributed by atoms with E-state index in [1.54, 1.807) is 12.1 Å². The first-order valence-corrected chi connectivity index (χ1v) is 13.6. The van der Waals surface area contributed by atoms with Gasteiger partial charge in [0.2, 0.25) is 5.91 Å². The van der Waals surface area contributed by atoms with E-state index in [2.05, 4.69) is 19.6 Å². The number of hydrogen-bond donors (Lipinski definition) is 0. The zero-order valence-corrected chi connectivity index (χ0v) is 18.6. The van der Waals surface area contributed by atoms with Gasteiger partial charge in [-0.3, -0.25) is 4.79 Å². The van der Waals surface area contributed by atoms with Gasteiger partial charge in [0.15, 0.2) is 8.32 Å². The Hall–Kier alpha value is -2.51. The van der Waals surface area contributed by atoms with E-state index in [-0.39, 0.29) is 30.9 Å². The van der Waals surface area contributed by atoms with Crippen LogP contribution in [0.2, 0.25) is 19.6 Å². The van der Waals surface area contributed by atoms with Crippen LogP contribution in [0, 0.1) is 5.82 Å². The lowest BCUT2D eigenvalue weighted by Gasteiger charge is -2.27. The minimum atomic E-state index is -1.85. The lowest BCUT2D eigenvalue weighted by molar-refractivity contribution is -0.129. The molecule has 1 fully saturated rings. The summed E-state index contributed by atoms with van der Waals surface area (Å²) in [5.74, 6) is -0.544. The number of cyclic esters (lactones) is 1. The molecule has 160 valence electrons. The van der Waals surface area contributed by atoms with Crippen LogP contribution in [-0.4, -0.2) is 31.8 Å². The van der Waals surface area contributed by atoms with Crippen molar-refractivity contribution >= 4 is 20.3 Å². The molecular formula is C23H28FNO4Si. The highest BCUT2D eigenvalue weighted by molar-refractivity contribution is 6.69. The molecule has 0 radical (unpaired) electrons. The van der Waals surface area contributed by atoms with Gasteiger partial charge < -0.3 is 9.16 Å². The van der Waals surface area contributed by atoms with Crippen LogP contribution in [-0.2, 0) is 14.0 Å². The van der Waals surface area contributed by atoms with Gasteiger partial charge in [0, 0.05) is 6.42 Å². The maximum atomic E-state index is 13.3. The predicted molar refractivity (Wildman–Crippen MR) is 115 cm³/mol. The summed E-state index contributed by atoms with van der Waals surface area (Å²) >= 11 is 0. The average Bonchev–Trinajstić information content (AvgIpc) is 3.09. The Morgan fingerprint density at radius 3 is 2.47 bits per heavy atom. The smallest absolute Gasteiger partial charge is 0.417 e. The number of hydrogen-bond acceptors (Lipinski definition) is 4. The summed E-state index contributed by atoms with van der Waals surface area (Å²) in [6.07, 6.45) is 0.574. The number of halogens is 1. The number of ether oxygens (including phenoxy) is 1. The molecule has 5 nitrogen and oxygen atoms in total. The third-order valence-electron chi connectivity index (χ3n) is 4.92. The van der Waals surface area contributed by atoms with E-state index >= 15 is 0 Å². The molecule has 0 spiro atoms. The number of benzene rings is 2. The number of imide groups is 1. The van der Waals surface area contributed by atoms with Crippen molar-refractivity contribution < 1.29 is 23.1 Å². The summed E-state index contributed by atoms with van der Waals surface area (Å²) in [7, 11) is -1.85. The van der Waals surface area contributed by atoms with E-state index in [4.69, 9.17) is 9.16 Å². The molecule has 0 saturated carbocycles. The Labute approximate surface area is 177 Å². The van der Waals surface area contributed by atoms with Gasteiger partial charge in [-0.25, -0.2) is 14.1 Å². The second-order valence-corrected chi connectivity index (χ2v) is 12.9. The van der Waals surface area contributed by atoms with Crippen LogP contribution in [0.25, 0.3) is 0 Å². The number of carbonyl (C=O) groups excluding carboxylic acids is 2. The Bertz CT molecular complexity index is 867. The Kier molecular flexibility index (Phi) is 7.05. The van der Waals surface area contributed by atoms with Crippen molar-refractivity contribution in [2.24, 2.45) is 0 Å². The molecule has 2 aromatic rings. The molecule has 2 atom stereocenters. The second kappa shape index (κ2) is 9.53. The summed E-state index contributed by atoms with van der Waals surface area (Å²) < 4.78 is 24.7. The number of rotatable bonds is 8. The normalized spacial score (nSPS) is 17.7. The van der Waals surface area contributed by atoms with Gasteiger partial charge in [0.05, 0.1) is 6.10 Å². The SMILES string of the molecule is C[Si](C)(C)O[C@@H](CCCC(=O)N1C(=O)OC[C@H]1c1ccccc1)c1ccc(F)cc1. The molecule has 0 N–H and O–H groups in total. The number of nitrogens with zero attached hydrogens (tertiary/aromatic N) is 1. The lowest BCUT2D eigenvalue weighted by Crippen LogP contribution is -2.34. The summed E-state index contributed by atoms with van der Waals surface area (Å²) in [4.78, 5) is 26.2. The molecular weight excluding hydrogens is 401 g/mol. The van der Waals surface area contributed by atoms with E-state index in [1.165, 1.54) is 17.0 Å². The molecule has 7 heteroatoms. The van der Waals surface area contributed by atoms with Crippen LogP contribution in [0.4, 0.5) is 9.18 Å². The summed E-state index contributed by atoms with van der Waals surface area (Å²) in [5, 5.41) is 0. The van der Waals surface area contributed by atoms with Crippen molar-refractivity contribution in [2.45, 2.75) is 51.0 Å². The highest BCUT2D eigenvalue weighted by Crippen LogP contribution is 2.31. The molecule has 1 saturated heterocycles. The first kappa shape index (κ1) is 22.2. The molecule has 3 rings (SSSR count). The molecule has 0 unspecified atom stereocenters. The summed E-state index contributed by atoms with van der Waals surface area (Å²) in [6.45, 7) is 6.46. The van der Waals surface area contributed by atoms with Crippen LogP contribution < -0.4 is 0 Å². The van der Waals surface area contributed by atoms with Crippen molar-refractivity contribution in [3.63, 3.8) is 0 Å². The van der Waals surface area contributed by atoms with E-state index in [1.807, 2.05) is 30.3 Å². The summed E-state index contributed by atoms with van der Waals surface area (Å²) in [5.41, 5.74) is 1.77. The Morgan fingerprint density at radius 1 is 1.17 bits per heavy atom. The van der Waals surface area contributed by atoms with Crippen LogP contribution in [0.5, 0.6) is 0 Å². The fourth-order valence-corrected chi connectivity index (χ4v) is 4.68. The number of amides is 2. The quantitative estimate of drug-likeness (QED) is 0.512. The zero-order chi connectivity index (χ0) is 21.7. The van der Waals surface area contributed by atoms with Crippen LogP contribution in [0.1, 0.15) is 42.5 Å². The molecule has 0 aromatic heterocycles. The first-order chi connectivity index (χ1) is 14.2. The molecule has 1 aliphatic heterocycles.